The third-order valence-electron chi connectivity index (χ3n) is 2.46. The molecule has 0 bridgehead atoms. The first-order chi connectivity index (χ1) is 5.61. The molecule has 0 aliphatic rings. The molecule has 0 aromatic heterocycles. The van der Waals surface area contributed by atoms with Crippen molar-refractivity contribution in [1.82, 2.24) is 0 Å². The summed E-state index contributed by atoms with van der Waals surface area (Å²) in [4.78, 5) is 0. The van der Waals surface area contributed by atoms with E-state index in [9.17, 15) is 0 Å². The Morgan fingerprint density at radius 3 is 1.92 bits per heavy atom. The van der Waals surface area contributed by atoms with E-state index in [-0.39, 0.29) is 0 Å². The fourth-order valence-corrected chi connectivity index (χ4v) is 1.18. The monoisotopic (exact) mass is 158 g/mol. The molecule has 0 amide bonds. The van der Waals surface area contributed by atoms with Gasteiger partial charge in [-0.15, -0.1) is 0 Å². The average Bonchev–Trinajstić information content (AvgIpc) is 2.04. The lowest BCUT2D eigenvalue weighted by atomic mass is 9.87. The first-order valence-corrected chi connectivity index (χ1v) is 4.46. The molecule has 1 aromatic carbocycles. The zero-order valence-electron chi connectivity index (χ0n) is 8.04. The minimum atomic E-state index is 0.616. The van der Waals surface area contributed by atoms with Crippen LogP contribution < -0.4 is 5.46 Å². The van der Waals surface area contributed by atoms with E-state index in [1.54, 1.807) is 0 Å². The first kappa shape index (κ1) is 9.37. The molecule has 0 N–H and O–H groups in total. The minimum Gasteiger partial charge on any atom is -0.0967 e. The van der Waals surface area contributed by atoms with Crippen LogP contribution in [0.15, 0.2) is 24.3 Å². The normalized spacial score (nSPS) is 13.3. The van der Waals surface area contributed by atoms with Gasteiger partial charge in [-0.3, -0.25) is 0 Å². The third kappa shape index (κ3) is 2.13. The molecule has 0 heterocycles. The Kier molecular flexibility index (Phi) is 2.96. The van der Waals surface area contributed by atoms with Crippen LogP contribution >= 0.6 is 0 Å². The third-order valence-corrected chi connectivity index (χ3v) is 2.46. The second-order valence-electron chi connectivity index (χ2n) is 3.70. The molecule has 0 saturated carbocycles. The molecular weight excluding hydrogens is 143 g/mol. The van der Waals surface area contributed by atoms with E-state index in [0.29, 0.717) is 11.8 Å². The Morgan fingerprint density at radius 2 is 1.50 bits per heavy atom. The Hall–Kier alpha value is -0.715. The van der Waals surface area contributed by atoms with E-state index >= 15 is 0 Å². The summed E-state index contributed by atoms with van der Waals surface area (Å²) in [6, 6.07) is 8.16. The molecule has 1 aromatic rings. The molecule has 0 spiro atoms. The number of benzene rings is 1. The predicted octanol–water partition coefficient (Wildman–Crippen LogP) is 2.24. The van der Waals surface area contributed by atoms with Crippen molar-refractivity contribution in [1.29, 1.82) is 0 Å². The van der Waals surface area contributed by atoms with Gasteiger partial charge in [0.2, 0.25) is 0 Å². The minimum absolute atomic E-state index is 0.616. The molecule has 12 heavy (non-hydrogen) atoms. The number of hydrogen-bond donors (Lipinski definition) is 0. The van der Waals surface area contributed by atoms with Crippen molar-refractivity contribution in [2.45, 2.75) is 26.7 Å². The highest BCUT2D eigenvalue weighted by molar-refractivity contribution is 6.32. The molecule has 0 fully saturated rings. The van der Waals surface area contributed by atoms with Crippen molar-refractivity contribution in [2.24, 2.45) is 5.92 Å². The highest BCUT2D eigenvalue weighted by atomic mass is 14.1. The molecular formula is C11H15B. The highest BCUT2D eigenvalue weighted by Crippen LogP contribution is 2.22. The molecule has 1 rings (SSSR count). The SMILES string of the molecule is [B]c1ccc(C(C)C(C)C)cc1. The van der Waals surface area contributed by atoms with Crippen LogP contribution in [0, 0.1) is 5.92 Å². The van der Waals surface area contributed by atoms with Gasteiger partial charge < -0.3 is 0 Å². The molecule has 0 saturated heterocycles. The average molecular weight is 158 g/mol. The Balaban J connectivity index is 2.82. The van der Waals surface area contributed by atoms with Crippen LogP contribution in [0.4, 0.5) is 0 Å². The van der Waals surface area contributed by atoms with Crippen LogP contribution in [0.2, 0.25) is 0 Å². The molecule has 1 unspecified atom stereocenters. The van der Waals surface area contributed by atoms with E-state index in [0.717, 1.165) is 5.46 Å². The van der Waals surface area contributed by atoms with Crippen LogP contribution in [-0.2, 0) is 0 Å². The second kappa shape index (κ2) is 3.80. The van der Waals surface area contributed by atoms with E-state index < -0.39 is 0 Å². The number of hydrogen-bond acceptors (Lipinski definition) is 0. The highest BCUT2D eigenvalue weighted by Gasteiger charge is 2.08. The molecule has 1 heteroatoms. The molecule has 0 nitrogen and oxygen atoms in total. The summed E-state index contributed by atoms with van der Waals surface area (Å²) in [7, 11) is 5.60. The maximum absolute atomic E-state index is 5.60. The first-order valence-electron chi connectivity index (χ1n) is 4.46. The van der Waals surface area contributed by atoms with E-state index in [2.05, 4.69) is 32.9 Å². The zero-order chi connectivity index (χ0) is 9.14. The van der Waals surface area contributed by atoms with Crippen molar-refractivity contribution < 1.29 is 0 Å². The van der Waals surface area contributed by atoms with Gasteiger partial charge in [0.05, 0.1) is 0 Å². The van der Waals surface area contributed by atoms with E-state index in [4.69, 9.17) is 7.85 Å². The molecule has 1 atom stereocenters. The second-order valence-corrected chi connectivity index (χ2v) is 3.70. The molecule has 62 valence electrons. The lowest BCUT2D eigenvalue weighted by Crippen LogP contribution is -2.05. The van der Waals surface area contributed by atoms with Gasteiger partial charge in [-0.2, -0.15) is 0 Å². The van der Waals surface area contributed by atoms with Crippen LogP contribution in [-0.4, -0.2) is 7.85 Å². The molecule has 0 aliphatic carbocycles. The summed E-state index contributed by atoms with van der Waals surface area (Å²) in [5, 5.41) is 0. The Bertz CT molecular complexity index is 236. The Morgan fingerprint density at radius 1 is 1.00 bits per heavy atom. The van der Waals surface area contributed by atoms with Crippen LogP contribution in [0.25, 0.3) is 0 Å². The van der Waals surface area contributed by atoms with Crippen LogP contribution in [0.5, 0.6) is 0 Å². The van der Waals surface area contributed by atoms with Gasteiger partial charge in [0, 0.05) is 0 Å². The lowest BCUT2D eigenvalue weighted by Gasteiger charge is -2.15. The van der Waals surface area contributed by atoms with Crippen molar-refractivity contribution in [3.8, 4) is 0 Å². The largest absolute Gasteiger partial charge is 0.113 e. The maximum atomic E-state index is 5.60. The summed E-state index contributed by atoms with van der Waals surface area (Å²) < 4.78 is 0. The van der Waals surface area contributed by atoms with Crippen molar-refractivity contribution >= 4 is 13.3 Å². The summed E-state index contributed by atoms with van der Waals surface area (Å²) in [5.41, 5.74) is 2.22. The van der Waals surface area contributed by atoms with Gasteiger partial charge in [-0.05, 0) is 17.4 Å². The zero-order valence-corrected chi connectivity index (χ0v) is 8.04. The van der Waals surface area contributed by atoms with Crippen molar-refractivity contribution in [2.75, 3.05) is 0 Å². The van der Waals surface area contributed by atoms with E-state index in [1.807, 2.05) is 12.1 Å². The summed E-state index contributed by atoms with van der Waals surface area (Å²) in [5.74, 6) is 1.30. The maximum Gasteiger partial charge on any atom is 0.113 e. The summed E-state index contributed by atoms with van der Waals surface area (Å²) in [6.45, 7) is 6.72. The van der Waals surface area contributed by atoms with Crippen LogP contribution in [0.1, 0.15) is 32.3 Å². The van der Waals surface area contributed by atoms with E-state index in [1.165, 1.54) is 5.56 Å². The standard InChI is InChI=1S/C11H15B/c1-8(2)9(3)10-4-6-11(12)7-5-10/h4-9H,1-3H3. The topological polar surface area (TPSA) is 0 Å². The molecule has 2 radical (unpaired) electrons. The Labute approximate surface area is 76.4 Å². The lowest BCUT2D eigenvalue weighted by molar-refractivity contribution is 0.535. The number of rotatable bonds is 2. The summed E-state index contributed by atoms with van der Waals surface area (Å²) in [6.07, 6.45) is 0. The fraction of sp³-hybridized carbons (Fsp3) is 0.455. The predicted molar refractivity (Wildman–Crippen MR) is 55.1 cm³/mol. The quantitative estimate of drug-likeness (QED) is 0.579. The van der Waals surface area contributed by atoms with Gasteiger partial charge in [0.15, 0.2) is 0 Å². The van der Waals surface area contributed by atoms with Gasteiger partial charge in [0.1, 0.15) is 7.85 Å². The van der Waals surface area contributed by atoms with Gasteiger partial charge in [-0.1, -0.05) is 50.5 Å². The fourth-order valence-electron chi connectivity index (χ4n) is 1.18. The summed E-state index contributed by atoms with van der Waals surface area (Å²) >= 11 is 0. The van der Waals surface area contributed by atoms with Crippen molar-refractivity contribution in [3.63, 3.8) is 0 Å². The van der Waals surface area contributed by atoms with Gasteiger partial charge in [-0.25, -0.2) is 0 Å². The van der Waals surface area contributed by atoms with Gasteiger partial charge in [0.25, 0.3) is 0 Å². The smallest absolute Gasteiger partial charge is 0.0967 e. The van der Waals surface area contributed by atoms with Crippen molar-refractivity contribution in [3.05, 3.63) is 29.8 Å². The van der Waals surface area contributed by atoms with Crippen LogP contribution in [0.3, 0.4) is 0 Å². The molecule has 0 aliphatic heterocycles. The van der Waals surface area contributed by atoms with Gasteiger partial charge >= 0.3 is 0 Å².